The Kier molecular flexibility index (Phi) is 11.9. The standard InChI is InChI=1S/C13H28O2/c1-3-5-6-7-8-9-10-11-12-13(14)15-4-2/h13-14H,3-12H2,1-2H3. The molecule has 0 radical (unpaired) electrons. The smallest absolute Gasteiger partial charge is 0.154 e. The molecule has 2 heteroatoms. The van der Waals surface area contributed by atoms with Crippen LogP contribution in [0.3, 0.4) is 0 Å². The average molecular weight is 216 g/mol. The van der Waals surface area contributed by atoms with E-state index in [1.807, 2.05) is 6.92 Å². The molecule has 0 aliphatic carbocycles. The summed E-state index contributed by atoms with van der Waals surface area (Å²) in [6, 6.07) is 0. The number of hydrogen-bond donors (Lipinski definition) is 1. The predicted octanol–water partition coefficient (Wildman–Crippen LogP) is 3.87. The van der Waals surface area contributed by atoms with E-state index in [0.717, 1.165) is 12.8 Å². The molecule has 0 heterocycles. The van der Waals surface area contributed by atoms with Crippen molar-refractivity contribution < 1.29 is 9.84 Å². The van der Waals surface area contributed by atoms with Gasteiger partial charge in [0.25, 0.3) is 0 Å². The minimum absolute atomic E-state index is 0.532. The lowest BCUT2D eigenvalue weighted by molar-refractivity contribution is -0.0994. The minimum Gasteiger partial charge on any atom is -0.368 e. The van der Waals surface area contributed by atoms with Gasteiger partial charge in [-0.2, -0.15) is 0 Å². The normalized spacial score (nSPS) is 13.0. The van der Waals surface area contributed by atoms with E-state index >= 15 is 0 Å². The molecule has 0 spiro atoms. The van der Waals surface area contributed by atoms with E-state index in [4.69, 9.17) is 4.74 Å². The maximum absolute atomic E-state index is 9.30. The summed E-state index contributed by atoms with van der Waals surface area (Å²) < 4.78 is 5.06. The highest BCUT2D eigenvalue weighted by atomic mass is 16.6. The van der Waals surface area contributed by atoms with Crippen LogP contribution in [0.25, 0.3) is 0 Å². The van der Waals surface area contributed by atoms with Crippen LogP contribution in [0.5, 0.6) is 0 Å². The van der Waals surface area contributed by atoms with Gasteiger partial charge in [-0.05, 0) is 19.8 Å². The van der Waals surface area contributed by atoms with E-state index in [2.05, 4.69) is 6.92 Å². The Morgan fingerprint density at radius 3 is 1.93 bits per heavy atom. The summed E-state index contributed by atoms with van der Waals surface area (Å²) in [5.41, 5.74) is 0. The van der Waals surface area contributed by atoms with Crippen LogP contribution < -0.4 is 0 Å². The highest BCUT2D eigenvalue weighted by Gasteiger charge is 2.01. The molecule has 2 nitrogen and oxygen atoms in total. The van der Waals surface area contributed by atoms with Crippen LogP contribution in [0.1, 0.15) is 71.6 Å². The van der Waals surface area contributed by atoms with Gasteiger partial charge >= 0.3 is 0 Å². The molecule has 0 bridgehead atoms. The van der Waals surface area contributed by atoms with Crippen molar-refractivity contribution in [2.45, 2.75) is 77.9 Å². The van der Waals surface area contributed by atoms with Crippen molar-refractivity contribution in [3.8, 4) is 0 Å². The van der Waals surface area contributed by atoms with Crippen molar-refractivity contribution in [2.75, 3.05) is 6.61 Å². The summed E-state index contributed by atoms with van der Waals surface area (Å²) >= 11 is 0. The van der Waals surface area contributed by atoms with Crippen molar-refractivity contribution in [3.63, 3.8) is 0 Å². The second-order valence-electron chi connectivity index (χ2n) is 4.17. The average Bonchev–Trinajstić information content (AvgIpc) is 2.22. The molecular formula is C13H28O2. The van der Waals surface area contributed by atoms with Crippen molar-refractivity contribution in [2.24, 2.45) is 0 Å². The van der Waals surface area contributed by atoms with Crippen LogP contribution in [0.4, 0.5) is 0 Å². The van der Waals surface area contributed by atoms with Crippen LogP contribution in [0, 0.1) is 0 Å². The molecule has 15 heavy (non-hydrogen) atoms. The van der Waals surface area contributed by atoms with Crippen molar-refractivity contribution >= 4 is 0 Å². The van der Waals surface area contributed by atoms with Gasteiger partial charge in [-0.15, -0.1) is 0 Å². The van der Waals surface area contributed by atoms with Crippen LogP contribution in [-0.2, 0) is 4.74 Å². The molecule has 1 unspecified atom stereocenters. The Morgan fingerprint density at radius 1 is 0.867 bits per heavy atom. The molecular weight excluding hydrogens is 188 g/mol. The number of aliphatic hydroxyl groups is 1. The Bertz CT molecular complexity index is 115. The first kappa shape index (κ1) is 14.9. The number of aliphatic hydroxyl groups excluding tert-OH is 1. The molecule has 0 rings (SSSR count). The molecule has 0 fully saturated rings. The topological polar surface area (TPSA) is 29.5 Å². The molecule has 1 N–H and O–H groups in total. The molecule has 0 saturated carbocycles. The fraction of sp³-hybridized carbons (Fsp3) is 1.00. The SMILES string of the molecule is CCCCCCCCCCC(O)OCC. The molecule has 0 aromatic rings. The summed E-state index contributed by atoms with van der Waals surface area (Å²) in [4.78, 5) is 0. The summed E-state index contributed by atoms with van der Waals surface area (Å²) in [7, 11) is 0. The molecule has 0 saturated heterocycles. The molecule has 0 aromatic heterocycles. The Hall–Kier alpha value is -0.0800. The summed E-state index contributed by atoms with van der Waals surface area (Å²) in [6.07, 6.45) is 10.7. The van der Waals surface area contributed by atoms with Gasteiger partial charge in [0.2, 0.25) is 0 Å². The maximum Gasteiger partial charge on any atom is 0.154 e. The van der Waals surface area contributed by atoms with E-state index in [1.165, 1.54) is 44.9 Å². The van der Waals surface area contributed by atoms with E-state index in [1.54, 1.807) is 0 Å². The van der Waals surface area contributed by atoms with Crippen molar-refractivity contribution in [1.29, 1.82) is 0 Å². The molecule has 92 valence electrons. The highest BCUT2D eigenvalue weighted by molar-refractivity contribution is 4.48. The molecule has 0 aliphatic heterocycles. The predicted molar refractivity (Wildman–Crippen MR) is 64.9 cm³/mol. The van der Waals surface area contributed by atoms with Crippen LogP contribution in [0.15, 0.2) is 0 Å². The first-order valence-corrected chi connectivity index (χ1v) is 6.61. The first-order valence-electron chi connectivity index (χ1n) is 6.61. The summed E-state index contributed by atoms with van der Waals surface area (Å²) in [6.45, 7) is 4.77. The number of unbranched alkanes of at least 4 members (excludes halogenated alkanes) is 7. The van der Waals surface area contributed by atoms with E-state index < -0.39 is 6.29 Å². The minimum atomic E-state index is -0.532. The van der Waals surface area contributed by atoms with E-state index in [-0.39, 0.29) is 0 Å². The van der Waals surface area contributed by atoms with Gasteiger partial charge in [0.15, 0.2) is 6.29 Å². The molecule has 1 atom stereocenters. The fourth-order valence-electron chi connectivity index (χ4n) is 1.73. The lowest BCUT2D eigenvalue weighted by Crippen LogP contribution is -2.10. The van der Waals surface area contributed by atoms with Crippen LogP contribution in [0.2, 0.25) is 0 Å². The Morgan fingerprint density at radius 2 is 1.40 bits per heavy atom. The van der Waals surface area contributed by atoms with E-state index in [9.17, 15) is 5.11 Å². The first-order chi connectivity index (χ1) is 7.31. The van der Waals surface area contributed by atoms with Crippen molar-refractivity contribution in [3.05, 3.63) is 0 Å². The Balaban J connectivity index is 2.98. The third-order valence-electron chi connectivity index (χ3n) is 2.66. The fourth-order valence-corrected chi connectivity index (χ4v) is 1.73. The molecule has 0 amide bonds. The second-order valence-corrected chi connectivity index (χ2v) is 4.17. The third kappa shape index (κ3) is 11.8. The van der Waals surface area contributed by atoms with Gasteiger partial charge < -0.3 is 9.84 Å². The lowest BCUT2D eigenvalue weighted by Gasteiger charge is -2.09. The summed E-state index contributed by atoms with van der Waals surface area (Å²) in [5.74, 6) is 0. The number of ether oxygens (including phenoxy) is 1. The van der Waals surface area contributed by atoms with Gasteiger partial charge in [-0.3, -0.25) is 0 Å². The van der Waals surface area contributed by atoms with E-state index in [0.29, 0.717) is 6.61 Å². The molecule has 0 aromatic carbocycles. The zero-order chi connectivity index (χ0) is 11.4. The lowest BCUT2D eigenvalue weighted by atomic mass is 10.1. The van der Waals surface area contributed by atoms with Gasteiger partial charge in [0, 0.05) is 6.61 Å². The maximum atomic E-state index is 9.30. The number of rotatable bonds is 11. The molecule has 0 aliphatic rings. The number of hydrogen-bond acceptors (Lipinski definition) is 2. The van der Waals surface area contributed by atoms with Crippen LogP contribution >= 0.6 is 0 Å². The van der Waals surface area contributed by atoms with Gasteiger partial charge in [-0.25, -0.2) is 0 Å². The quantitative estimate of drug-likeness (QED) is 0.419. The van der Waals surface area contributed by atoms with Crippen molar-refractivity contribution in [1.82, 2.24) is 0 Å². The third-order valence-corrected chi connectivity index (χ3v) is 2.66. The zero-order valence-electron chi connectivity index (χ0n) is 10.5. The largest absolute Gasteiger partial charge is 0.368 e. The second kappa shape index (κ2) is 12.0. The summed E-state index contributed by atoms with van der Waals surface area (Å²) in [5, 5.41) is 9.30. The monoisotopic (exact) mass is 216 g/mol. The Labute approximate surface area is 95.0 Å². The zero-order valence-corrected chi connectivity index (χ0v) is 10.5. The van der Waals surface area contributed by atoms with Gasteiger partial charge in [0.05, 0.1) is 0 Å². The van der Waals surface area contributed by atoms with Gasteiger partial charge in [-0.1, -0.05) is 51.9 Å². The van der Waals surface area contributed by atoms with Crippen LogP contribution in [-0.4, -0.2) is 18.0 Å². The highest BCUT2D eigenvalue weighted by Crippen LogP contribution is 2.10. The van der Waals surface area contributed by atoms with Gasteiger partial charge in [0.1, 0.15) is 0 Å².